The molecule has 152 valence electrons. The number of anilines is 2. The number of pyridine rings is 1. The van der Waals surface area contributed by atoms with Crippen LogP contribution in [0, 0.1) is 5.82 Å². The normalized spacial score (nSPS) is 19.9. The first-order valence-corrected chi connectivity index (χ1v) is 9.79. The van der Waals surface area contributed by atoms with Crippen LogP contribution in [0.4, 0.5) is 16.0 Å². The van der Waals surface area contributed by atoms with Crippen molar-refractivity contribution in [3.63, 3.8) is 0 Å². The van der Waals surface area contributed by atoms with Crippen LogP contribution in [-0.4, -0.2) is 46.6 Å². The first-order chi connectivity index (χ1) is 14.1. The second kappa shape index (κ2) is 8.10. The molecule has 0 radical (unpaired) electrons. The van der Waals surface area contributed by atoms with Gasteiger partial charge in [-0.15, -0.1) is 10.2 Å². The van der Waals surface area contributed by atoms with E-state index in [1.807, 2.05) is 0 Å². The fourth-order valence-corrected chi connectivity index (χ4v) is 3.95. The van der Waals surface area contributed by atoms with E-state index in [2.05, 4.69) is 25.8 Å². The number of amides is 2. The SMILES string of the molecule is O=CN(CC1CCC(=O)N1)c1ccc(NCC2(c3ncccc3F)CCC2)nn1. The average Bonchev–Trinajstić information content (AvgIpc) is 3.12. The van der Waals surface area contributed by atoms with Gasteiger partial charge in [-0.25, -0.2) is 4.39 Å². The summed E-state index contributed by atoms with van der Waals surface area (Å²) in [6.07, 6.45) is 6.25. The molecule has 0 aromatic carbocycles. The minimum atomic E-state index is -0.332. The van der Waals surface area contributed by atoms with Crippen molar-refractivity contribution in [3.8, 4) is 0 Å². The van der Waals surface area contributed by atoms with Gasteiger partial charge < -0.3 is 10.6 Å². The molecule has 0 spiro atoms. The van der Waals surface area contributed by atoms with E-state index in [0.29, 0.717) is 49.7 Å². The summed E-state index contributed by atoms with van der Waals surface area (Å²) in [4.78, 5) is 28.5. The topological polar surface area (TPSA) is 100 Å². The molecule has 2 N–H and O–H groups in total. The monoisotopic (exact) mass is 398 g/mol. The Morgan fingerprint density at radius 2 is 2.17 bits per heavy atom. The Morgan fingerprint density at radius 3 is 2.76 bits per heavy atom. The smallest absolute Gasteiger partial charge is 0.220 e. The molecular weight excluding hydrogens is 375 g/mol. The van der Waals surface area contributed by atoms with E-state index in [4.69, 9.17) is 0 Å². The van der Waals surface area contributed by atoms with Crippen molar-refractivity contribution in [2.45, 2.75) is 43.6 Å². The molecule has 2 fully saturated rings. The Bertz CT molecular complexity index is 887. The highest BCUT2D eigenvalue weighted by Gasteiger charge is 2.41. The van der Waals surface area contributed by atoms with Crippen LogP contribution in [-0.2, 0) is 15.0 Å². The molecule has 0 bridgehead atoms. The Kier molecular flexibility index (Phi) is 5.37. The molecule has 4 rings (SSSR count). The van der Waals surface area contributed by atoms with Gasteiger partial charge in [0, 0.05) is 37.2 Å². The maximum absolute atomic E-state index is 14.2. The van der Waals surface area contributed by atoms with Gasteiger partial charge in [0.25, 0.3) is 0 Å². The van der Waals surface area contributed by atoms with Gasteiger partial charge in [0.1, 0.15) is 11.6 Å². The molecule has 29 heavy (non-hydrogen) atoms. The summed E-state index contributed by atoms with van der Waals surface area (Å²) >= 11 is 0. The third kappa shape index (κ3) is 4.03. The molecule has 1 unspecified atom stereocenters. The molecule has 1 aliphatic heterocycles. The summed E-state index contributed by atoms with van der Waals surface area (Å²) in [5, 5.41) is 14.3. The van der Waals surface area contributed by atoms with Crippen LogP contribution in [0.25, 0.3) is 0 Å². The van der Waals surface area contributed by atoms with Crippen LogP contribution in [0.15, 0.2) is 30.5 Å². The summed E-state index contributed by atoms with van der Waals surface area (Å²) in [6, 6.07) is 6.41. The number of carbonyl (C=O) groups is 2. The second-order valence-electron chi connectivity index (χ2n) is 7.66. The molecule has 2 aromatic heterocycles. The van der Waals surface area contributed by atoms with E-state index in [1.54, 1.807) is 24.4 Å². The Morgan fingerprint density at radius 1 is 1.31 bits per heavy atom. The van der Waals surface area contributed by atoms with E-state index in [1.165, 1.54) is 11.0 Å². The van der Waals surface area contributed by atoms with Crippen LogP contribution in [0.1, 0.15) is 37.8 Å². The van der Waals surface area contributed by atoms with E-state index in [9.17, 15) is 14.0 Å². The maximum atomic E-state index is 14.2. The lowest BCUT2D eigenvalue weighted by molar-refractivity contribution is -0.119. The Hall–Kier alpha value is -3.10. The van der Waals surface area contributed by atoms with E-state index >= 15 is 0 Å². The van der Waals surface area contributed by atoms with Crippen molar-refractivity contribution in [1.29, 1.82) is 0 Å². The second-order valence-corrected chi connectivity index (χ2v) is 7.66. The van der Waals surface area contributed by atoms with E-state index < -0.39 is 0 Å². The molecule has 1 atom stereocenters. The minimum Gasteiger partial charge on any atom is -0.368 e. The Labute approximate surface area is 167 Å². The fraction of sp³-hybridized carbons (Fsp3) is 0.450. The third-order valence-corrected chi connectivity index (χ3v) is 5.75. The largest absolute Gasteiger partial charge is 0.368 e. The van der Waals surface area contributed by atoms with Crippen molar-refractivity contribution < 1.29 is 14.0 Å². The van der Waals surface area contributed by atoms with Gasteiger partial charge in [0.05, 0.1) is 5.69 Å². The van der Waals surface area contributed by atoms with Crippen LogP contribution in [0.2, 0.25) is 0 Å². The molecule has 2 aliphatic rings. The zero-order chi connectivity index (χ0) is 20.3. The average molecular weight is 398 g/mol. The number of rotatable bonds is 8. The summed E-state index contributed by atoms with van der Waals surface area (Å²) < 4.78 is 14.2. The maximum Gasteiger partial charge on any atom is 0.220 e. The van der Waals surface area contributed by atoms with Gasteiger partial charge in [-0.2, -0.15) is 0 Å². The van der Waals surface area contributed by atoms with Gasteiger partial charge in [-0.1, -0.05) is 6.42 Å². The standard InChI is InChI=1S/C20H23FN6O2/c21-15-3-1-10-22-19(15)20(8-2-9-20)12-23-16-5-6-17(26-25-16)27(13-28)11-14-4-7-18(29)24-14/h1,3,5-6,10,13-14H,2,4,7-9,11-12H2,(H,23,25)(H,24,29). The Balaban J connectivity index is 1.39. The van der Waals surface area contributed by atoms with Crippen molar-refractivity contribution in [1.82, 2.24) is 20.5 Å². The molecule has 3 heterocycles. The van der Waals surface area contributed by atoms with Crippen molar-refractivity contribution in [2.24, 2.45) is 0 Å². The number of nitrogens with zero attached hydrogens (tertiary/aromatic N) is 4. The summed E-state index contributed by atoms with van der Waals surface area (Å²) in [6.45, 7) is 0.874. The molecule has 1 aliphatic carbocycles. The summed E-state index contributed by atoms with van der Waals surface area (Å²) in [5.74, 6) is 0.689. The molecule has 8 nitrogen and oxygen atoms in total. The van der Waals surface area contributed by atoms with Crippen molar-refractivity contribution in [3.05, 3.63) is 42.0 Å². The molecule has 2 amide bonds. The first kappa shape index (κ1) is 19.2. The van der Waals surface area contributed by atoms with E-state index in [0.717, 1.165) is 19.3 Å². The highest BCUT2D eigenvalue weighted by Crippen LogP contribution is 2.43. The van der Waals surface area contributed by atoms with Gasteiger partial charge in [-0.3, -0.25) is 19.5 Å². The highest BCUT2D eigenvalue weighted by atomic mass is 19.1. The van der Waals surface area contributed by atoms with E-state index in [-0.39, 0.29) is 23.2 Å². The minimum absolute atomic E-state index is 0.000692. The number of hydrogen-bond donors (Lipinski definition) is 2. The van der Waals surface area contributed by atoms with Crippen LogP contribution in [0.5, 0.6) is 0 Å². The number of halogens is 1. The fourth-order valence-electron chi connectivity index (χ4n) is 3.95. The van der Waals surface area contributed by atoms with Gasteiger partial charge >= 0.3 is 0 Å². The lowest BCUT2D eigenvalue weighted by Gasteiger charge is -2.41. The number of nitrogens with one attached hydrogen (secondary N) is 2. The summed E-state index contributed by atoms with van der Waals surface area (Å²) in [5.41, 5.74) is 0.162. The van der Waals surface area contributed by atoms with Crippen LogP contribution < -0.4 is 15.5 Å². The van der Waals surface area contributed by atoms with Crippen molar-refractivity contribution in [2.75, 3.05) is 23.3 Å². The molecule has 1 saturated heterocycles. The van der Waals surface area contributed by atoms with Gasteiger partial charge in [0.15, 0.2) is 5.82 Å². The van der Waals surface area contributed by atoms with Crippen molar-refractivity contribution >= 4 is 24.0 Å². The summed E-state index contributed by atoms with van der Waals surface area (Å²) in [7, 11) is 0. The zero-order valence-electron chi connectivity index (χ0n) is 16.0. The quantitative estimate of drug-likeness (QED) is 0.658. The van der Waals surface area contributed by atoms with Gasteiger partial charge in [-0.05, 0) is 43.5 Å². The predicted molar refractivity (Wildman–Crippen MR) is 105 cm³/mol. The molecular formula is C20H23FN6O2. The molecule has 9 heteroatoms. The first-order valence-electron chi connectivity index (χ1n) is 9.79. The van der Waals surface area contributed by atoms with Crippen LogP contribution in [0.3, 0.4) is 0 Å². The lowest BCUT2D eigenvalue weighted by atomic mass is 9.66. The third-order valence-electron chi connectivity index (χ3n) is 5.75. The number of aromatic nitrogens is 3. The number of hydrogen-bond acceptors (Lipinski definition) is 6. The van der Waals surface area contributed by atoms with Crippen LogP contribution >= 0.6 is 0 Å². The number of carbonyl (C=O) groups excluding carboxylic acids is 2. The van der Waals surface area contributed by atoms with Gasteiger partial charge in [0.2, 0.25) is 12.3 Å². The zero-order valence-corrected chi connectivity index (χ0v) is 16.0. The molecule has 2 aromatic rings. The lowest BCUT2D eigenvalue weighted by Crippen LogP contribution is -2.42. The predicted octanol–water partition coefficient (Wildman–Crippen LogP) is 1.79. The highest BCUT2D eigenvalue weighted by molar-refractivity contribution is 5.79. The molecule has 1 saturated carbocycles.